The van der Waals surface area contributed by atoms with E-state index in [1.807, 2.05) is 0 Å². The largest absolute Gasteiger partial charge is 0.433 e. The van der Waals surface area contributed by atoms with Crippen LogP contribution in [0.3, 0.4) is 0 Å². The van der Waals surface area contributed by atoms with E-state index in [2.05, 4.69) is 10.1 Å². The molecule has 2 aromatic carbocycles. The molecule has 2 aromatic rings. The number of benzene rings is 2. The standard InChI is InChI=1S/C18H18ClF3N2O2/c1-11(24(2)10-12-13(19)6-5-7-14(12)20)17(25)23-15-8-3-4-9-16(15)26-18(21)22/h3-9,11,18H,10H2,1-2H3,(H,23,25). The van der Waals surface area contributed by atoms with E-state index >= 15 is 0 Å². The zero-order chi connectivity index (χ0) is 19.3. The molecule has 4 nitrogen and oxygen atoms in total. The maximum atomic E-state index is 13.9. The van der Waals surface area contributed by atoms with Crippen LogP contribution in [0.2, 0.25) is 5.02 Å². The molecule has 0 saturated carbocycles. The highest BCUT2D eigenvalue weighted by Crippen LogP contribution is 2.26. The molecule has 140 valence electrons. The average Bonchev–Trinajstić information content (AvgIpc) is 2.58. The van der Waals surface area contributed by atoms with Gasteiger partial charge in [0.1, 0.15) is 11.6 Å². The van der Waals surface area contributed by atoms with Gasteiger partial charge < -0.3 is 10.1 Å². The topological polar surface area (TPSA) is 41.6 Å². The number of likely N-dealkylation sites (N-methyl/N-ethyl adjacent to an activating group) is 1. The highest BCUT2D eigenvalue weighted by molar-refractivity contribution is 6.31. The van der Waals surface area contributed by atoms with Crippen LogP contribution < -0.4 is 10.1 Å². The van der Waals surface area contributed by atoms with Crippen LogP contribution in [0.4, 0.5) is 18.9 Å². The molecule has 0 aliphatic heterocycles. The number of alkyl halides is 2. The molecule has 8 heteroatoms. The number of halogens is 4. The molecule has 0 aliphatic rings. The summed E-state index contributed by atoms with van der Waals surface area (Å²) in [5.74, 6) is -1.05. The number of hydrogen-bond acceptors (Lipinski definition) is 3. The molecule has 0 saturated heterocycles. The number of amides is 1. The first-order valence-electron chi connectivity index (χ1n) is 7.77. The van der Waals surface area contributed by atoms with E-state index in [0.29, 0.717) is 0 Å². The van der Waals surface area contributed by atoms with E-state index in [1.54, 1.807) is 31.0 Å². The van der Waals surface area contributed by atoms with Gasteiger partial charge in [-0.25, -0.2) is 4.39 Å². The van der Waals surface area contributed by atoms with Crippen molar-refractivity contribution >= 4 is 23.2 Å². The van der Waals surface area contributed by atoms with Crippen LogP contribution in [-0.4, -0.2) is 30.5 Å². The summed E-state index contributed by atoms with van der Waals surface area (Å²) in [7, 11) is 1.63. The molecule has 2 rings (SSSR count). The summed E-state index contributed by atoms with van der Waals surface area (Å²) >= 11 is 6.00. The minimum absolute atomic E-state index is 0.106. The SMILES string of the molecule is CC(C(=O)Nc1ccccc1OC(F)F)N(C)Cc1c(F)cccc1Cl. The number of para-hydroxylation sites is 2. The third-order valence-corrected chi connectivity index (χ3v) is 4.22. The predicted molar refractivity (Wildman–Crippen MR) is 94.0 cm³/mol. The van der Waals surface area contributed by atoms with Crippen molar-refractivity contribution < 1.29 is 22.7 Å². The molecule has 1 N–H and O–H groups in total. The minimum atomic E-state index is -3.00. The van der Waals surface area contributed by atoms with Gasteiger partial charge in [-0.1, -0.05) is 29.8 Å². The van der Waals surface area contributed by atoms with Gasteiger partial charge in [0, 0.05) is 17.1 Å². The highest BCUT2D eigenvalue weighted by atomic mass is 35.5. The fraction of sp³-hybridized carbons (Fsp3) is 0.278. The molecule has 0 bridgehead atoms. The summed E-state index contributed by atoms with van der Waals surface area (Å²) in [6.07, 6.45) is 0. The Labute approximate surface area is 154 Å². The number of anilines is 1. The summed E-state index contributed by atoms with van der Waals surface area (Å²) < 4.78 is 43.2. The van der Waals surface area contributed by atoms with Gasteiger partial charge in [-0.05, 0) is 38.2 Å². The van der Waals surface area contributed by atoms with Crippen molar-refractivity contribution in [1.29, 1.82) is 0 Å². The van der Waals surface area contributed by atoms with Gasteiger partial charge in [-0.15, -0.1) is 0 Å². The Hall–Kier alpha value is -2.25. The van der Waals surface area contributed by atoms with Gasteiger partial charge in [0.25, 0.3) is 0 Å². The highest BCUT2D eigenvalue weighted by Gasteiger charge is 2.21. The Balaban J connectivity index is 2.08. The van der Waals surface area contributed by atoms with Gasteiger partial charge in [0.15, 0.2) is 0 Å². The smallest absolute Gasteiger partial charge is 0.387 e. The average molecular weight is 387 g/mol. The lowest BCUT2D eigenvalue weighted by atomic mass is 10.1. The number of ether oxygens (including phenoxy) is 1. The molecule has 0 aromatic heterocycles. The number of carbonyl (C=O) groups is 1. The normalized spacial score (nSPS) is 12.3. The lowest BCUT2D eigenvalue weighted by Crippen LogP contribution is -2.39. The predicted octanol–water partition coefficient (Wildman–Crippen LogP) is 4.54. The van der Waals surface area contributed by atoms with Gasteiger partial charge in [0.2, 0.25) is 5.91 Å². The number of hydrogen-bond donors (Lipinski definition) is 1. The fourth-order valence-corrected chi connectivity index (χ4v) is 2.50. The second-order valence-corrected chi connectivity index (χ2v) is 6.06. The van der Waals surface area contributed by atoms with Crippen LogP contribution in [0.5, 0.6) is 5.75 Å². The van der Waals surface area contributed by atoms with Crippen molar-refractivity contribution in [2.75, 3.05) is 12.4 Å². The lowest BCUT2D eigenvalue weighted by Gasteiger charge is -2.25. The molecule has 1 amide bonds. The molecule has 0 aliphatic carbocycles. The maximum absolute atomic E-state index is 13.9. The third kappa shape index (κ3) is 5.12. The number of nitrogens with one attached hydrogen (secondary N) is 1. The Morgan fingerprint density at radius 1 is 1.23 bits per heavy atom. The number of nitrogens with zero attached hydrogens (tertiary/aromatic N) is 1. The summed E-state index contributed by atoms with van der Waals surface area (Å²) in [6, 6.07) is 9.56. The zero-order valence-electron chi connectivity index (χ0n) is 14.2. The van der Waals surface area contributed by atoms with Gasteiger partial charge in [0.05, 0.1) is 11.7 Å². The van der Waals surface area contributed by atoms with Crippen molar-refractivity contribution in [1.82, 2.24) is 4.90 Å². The molecule has 26 heavy (non-hydrogen) atoms. The summed E-state index contributed by atoms with van der Waals surface area (Å²) in [4.78, 5) is 14.0. The lowest BCUT2D eigenvalue weighted by molar-refractivity contribution is -0.120. The van der Waals surface area contributed by atoms with E-state index < -0.39 is 24.4 Å². The zero-order valence-corrected chi connectivity index (χ0v) is 14.9. The third-order valence-electron chi connectivity index (χ3n) is 3.87. The molecule has 0 heterocycles. The van der Waals surface area contributed by atoms with E-state index in [0.717, 1.165) is 0 Å². The van der Waals surface area contributed by atoms with Crippen LogP contribution in [-0.2, 0) is 11.3 Å². The first kappa shape index (κ1) is 20.1. The summed E-state index contributed by atoms with van der Waals surface area (Å²) in [6.45, 7) is -1.29. The number of carbonyl (C=O) groups excluding carboxylic acids is 1. The Morgan fingerprint density at radius 3 is 2.58 bits per heavy atom. The second kappa shape index (κ2) is 8.91. The Morgan fingerprint density at radius 2 is 1.92 bits per heavy atom. The van der Waals surface area contributed by atoms with Crippen LogP contribution >= 0.6 is 11.6 Å². The van der Waals surface area contributed by atoms with Crippen molar-refractivity contribution in [3.63, 3.8) is 0 Å². The summed E-state index contributed by atoms with van der Waals surface area (Å²) in [5, 5.41) is 2.81. The van der Waals surface area contributed by atoms with E-state index in [-0.39, 0.29) is 28.6 Å². The Kier molecular flexibility index (Phi) is 6.88. The quantitative estimate of drug-likeness (QED) is 0.759. The van der Waals surface area contributed by atoms with Crippen molar-refractivity contribution in [2.45, 2.75) is 26.1 Å². The van der Waals surface area contributed by atoms with Gasteiger partial charge >= 0.3 is 6.61 Å². The van der Waals surface area contributed by atoms with E-state index in [9.17, 15) is 18.0 Å². The minimum Gasteiger partial charge on any atom is -0.433 e. The van der Waals surface area contributed by atoms with Crippen LogP contribution in [0, 0.1) is 5.82 Å². The van der Waals surface area contributed by atoms with Crippen LogP contribution in [0.1, 0.15) is 12.5 Å². The maximum Gasteiger partial charge on any atom is 0.387 e. The van der Waals surface area contributed by atoms with E-state index in [1.165, 1.54) is 30.3 Å². The first-order chi connectivity index (χ1) is 12.3. The van der Waals surface area contributed by atoms with Gasteiger partial charge in [-0.3, -0.25) is 9.69 Å². The van der Waals surface area contributed by atoms with Gasteiger partial charge in [-0.2, -0.15) is 8.78 Å². The van der Waals surface area contributed by atoms with Crippen molar-refractivity contribution in [3.05, 3.63) is 58.9 Å². The summed E-state index contributed by atoms with van der Waals surface area (Å²) in [5.41, 5.74) is 0.403. The fourth-order valence-electron chi connectivity index (χ4n) is 2.28. The van der Waals surface area contributed by atoms with Crippen molar-refractivity contribution in [2.24, 2.45) is 0 Å². The molecule has 0 spiro atoms. The molecule has 1 unspecified atom stereocenters. The van der Waals surface area contributed by atoms with E-state index in [4.69, 9.17) is 11.6 Å². The molecular weight excluding hydrogens is 369 g/mol. The molecular formula is C18H18ClF3N2O2. The first-order valence-corrected chi connectivity index (χ1v) is 8.15. The number of rotatable bonds is 7. The second-order valence-electron chi connectivity index (χ2n) is 5.66. The Bertz CT molecular complexity index is 754. The molecule has 1 atom stereocenters. The van der Waals surface area contributed by atoms with Crippen LogP contribution in [0.25, 0.3) is 0 Å². The molecule has 0 fully saturated rings. The monoisotopic (exact) mass is 386 g/mol. The van der Waals surface area contributed by atoms with Crippen molar-refractivity contribution in [3.8, 4) is 5.75 Å². The molecule has 0 radical (unpaired) electrons. The van der Waals surface area contributed by atoms with Crippen LogP contribution in [0.15, 0.2) is 42.5 Å².